The Balaban J connectivity index is 1.62. The second-order valence-electron chi connectivity index (χ2n) is 7.42. The van der Waals surface area contributed by atoms with Crippen LogP contribution in [-0.2, 0) is 9.53 Å². The molecular formula is C23H31N2O3+. The molecule has 1 aliphatic heterocycles. The summed E-state index contributed by atoms with van der Waals surface area (Å²) < 4.78 is 10.8. The number of hydrogen-bond acceptors (Lipinski definition) is 3. The van der Waals surface area contributed by atoms with Crippen LogP contribution in [-0.4, -0.2) is 45.9 Å². The number of benzene rings is 2. The van der Waals surface area contributed by atoms with Crippen molar-refractivity contribution in [3.63, 3.8) is 0 Å². The molecule has 0 spiro atoms. The Labute approximate surface area is 167 Å². The topological polar surface area (TPSA) is 52.0 Å². The molecule has 0 aromatic heterocycles. The summed E-state index contributed by atoms with van der Waals surface area (Å²) in [6, 6.07) is 18.6. The minimum atomic E-state index is 0.0996. The zero-order valence-corrected chi connectivity index (χ0v) is 16.8. The van der Waals surface area contributed by atoms with E-state index >= 15 is 0 Å². The molecule has 1 saturated heterocycles. The van der Waals surface area contributed by atoms with Gasteiger partial charge in [-0.3, -0.25) is 4.79 Å². The lowest BCUT2D eigenvalue weighted by atomic mass is 9.97. The molecule has 5 nitrogen and oxygen atoms in total. The van der Waals surface area contributed by atoms with Crippen LogP contribution in [0.2, 0.25) is 0 Å². The molecule has 0 saturated carbocycles. The molecule has 1 aliphatic rings. The standard InChI is InChI=1S/C23H30N2O3/c1-18(19-6-4-3-5-7-19)16-23(26)24-17-22(25-12-14-28-15-13-25)20-8-10-21(27-2)11-9-20/h3-11,18,22H,12-17H2,1-2H3,(H,24,26)/p+1/t18-,22-/m1/s1. The molecule has 0 unspecified atom stereocenters. The average Bonchev–Trinajstić information content (AvgIpc) is 2.75. The van der Waals surface area contributed by atoms with Crippen LogP contribution in [0.15, 0.2) is 54.6 Å². The van der Waals surface area contributed by atoms with Gasteiger partial charge in [-0.05, 0) is 35.7 Å². The van der Waals surface area contributed by atoms with E-state index < -0.39 is 0 Å². The van der Waals surface area contributed by atoms with Crippen molar-refractivity contribution < 1.29 is 19.2 Å². The van der Waals surface area contributed by atoms with E-state index in [-0.39, 0.29) is 17.9 Å². The zero-order valence-electron chi connectivity index (χ0n) is 16.8. The number of carbonyl (C=O) groups is 1. The molecule has 1 heterocycles. The third-order valence-corrected chi connectivity index (χ3v) is 5.51. The van der Waals surface area contributed by atoms with Gasteiger partial charge in [-0.2, -0.15) is 0 Å². The first-order valence-electron chi connectivity index (χ1n) is 10.0. The highest BCUT2D eigenvalue weighted by atomic mass is 16.5. The summed E-state index contributed by atoms with van der Waals surface area (Å²) >= 11 is 0. The summed E-state index contributed by atoms with van der Waals surface area (Å²) in [5.41, 5.74) is 2.41. The lowest BCUT2D eigenvalue weighted by Crippen LogP contribution is -3.15. The normalized spacial score (nSPS) is 16.9. The van der Waals surface area contributed by atoms with Crippen molar-refractivity contribution >= 4 is 5.91 Å². The van der Waals surface area contributed by atoms with E-state index in [1.807, 2.05) is 30.3 Å². The van der Waals surface area contributed by atoms with Crippen molar-refractivity contribution in [3.8, 4) is 5.75 Å². The third-order valence-electron chi connectivity index (χ3n) is 5.51. The van der Waals surface area contributed by atoms with E-state index in [1.165, 1.54) is 16.0 Å². The number of quaternary nitrogens is 1. The second kappa shape index (κ2) is 10.2. The second-order valence-corrected chi connectivity index (χ2v) is 7.42. The van der Waals surface area contributed by atoms with E-state index in [0.717, 1.165) is 32.1 Å². The summed E-state index contributed by atoms with van der Waals surface area (Å²) in [5, 5.41) is 3.18. The maximum Gasteiger partial charge on any atom is 0.220 e. The Hall–Kier alpha value is -2.37. The molecule has 0 aliphatic carbocycles. The van der Waals surface area contributed by atoms with Crippen LogP contribution < -0.4 is 15.0 Å². The molecule has 2 atom stereocenters. The Morgan fingerprint density at radius 2 is 1.75 bits per heavy atom. The first kappa shape index (κ1) is 20.4. The predicted molar refractivity (Wildman–Crippen MR) is 110 cm³/mol. The van der Waals surface area contributed by atoms with Gasteiger partial charge in [0.1, 0.15) is 24.9 Å². The maximum atomic E-state index is 12.6. The van der Waals surface area contributed by atoms with Crippen LogP contribution in [0.5, 0.6) is 5.75 Å². The summed E-state index contributed by atoms with van der Waals surface area (Å²) in [6.45, 7) is 6.16. The van der Waals surface area contributed by atoms with Crippen LogP contribution in [0.4, 0.5) is 0 Å². The summed E-state index contributed by atoms with van der Waals surface area (Å²) in [4.78, 5) is 14.0. The number of carbonyl (C=O) groups excluding carboxylic acids is 1. The lowest BCUT2D eigenvalue weighted by molar-refractivity contribution is -0.937. The quantitative estimate of drug-likeness (QED) is 0.733. The molecule has 0 bridgehead atoms. The molecular weight excluding hydrogens is 352 g/mol. The van der Waals surface area contributed by atoms with E-state index in [4.69, 9.17) is 9.47 Å². The monoisotopic (exact) mass is 383 g/mol. The van der Waals surface area contributed by atoms with Crippen molar-refractivity contribution in [1.29, 1.82) is 0 Å². The molecule has 3 rings (SSSR count). The first-order chi connectivity index (χ1) is 13.7. The molecule has 150 valence electrons. The lowest BCUT2D eigenvalue weighted by Gasteiger charge is -2.32. The molecule has 1 fully saturated rings. The van der Waals surface area contributed by atoms with Crippen LogP contribution in [0, 0.1) is 0 Å². The Kier molecular flexibility index (Phi) is 7.46. The fourth-order valence-electron chi connectivity index (χ4n) is 3.78. The van der Waals surface area contributed by atoms with Crippen LogP contribution >= 0.6 is 0 Å². The number of methoxy groups -OCH3 is 1. The third kappa shape index (κ3) is 5.57. The van der Waals surface area contributed by atoms with Crippen LogP contribution in [0.3, 0.4) is 0 Å². The van der Waals surface area contributed by atoms with Gasteiger partial charge in [-0.1, -0.05) is 37.3 Å². The Bertz CT molecular complexity index is 727. The highest BCUT2D eigenvalue weighted by Crippen LogP contribution is 2.19. The van der Waals surface area contributed by atoms with Gasteiger partial charge in [0, 0.05) is 12.0 Å². The van der Waals surface area contributed by atoms with Gasteiger partial charge >= 0.3 is 0 Å². The zero-order chi connectivity index (χ0) is 19.8. The molecule has 2 N–H and O–H groups in total. The van der Waals surface area contributed by atoms with Gasteiger partial charge in [-0.25, -0.2) is 0 Å². The van der Waals surface area contributed by atoms with E-state index in [0.29, 0.717) is 13.0 Å². The molecule has 5 heteroatoms. The SMILES string of the molecule is COc1ccc([C@@H](CNC(=O)C[C@@H](C)c2ccccc2)[NH+]2CCOCC2)cc1. The van der Waals surface area contributed by atoms with Gasteiger partial charge in [0.25, 0.3) is 0 Å². The number of nitrogens with one attached hydrogen (secondary N) is 2. The number of morpholine rings is 1. The van der Waals surface area contributed by atoms with Crippen molar-refractivity contribution in [1.82, 2.24) is 5.32 Å². The molecule has 28 heavy (non-hydrogen) atoms. The van der Waals surface area contributed by atoms with Crippen molar-refractivity contribution in [2.45, 2.75) is 25.3 Å². The van der Waals surface area contributed by atoms with E-state index in [1.54, 1.807) is 7.11 Å². The molecule has 1 amide bonds. The molecule has 2 aromatic rings. The van der Waals surface area contributed by atoms with E-state index in [9.17, 15) is 4.79 Å². The van der Waals surface area contributed by atoms with Gasteiger partial charge < -0.3 is 19.7 Å². The minimum Gasteiger partial charge on any atom is -0.497 e. The van der Waals surface area contributed by atoms with Gasteiger partial charge in [0.2, 0.25) is 5.91 Å². The highest BCUT2D eigenvalue weighted by molar-refractivity contribution is 5.76. The summed E-state index contributed by atoms with van der Waals surface area (Å²) in [7, 11) is 1.67. The smallest absolute Gasteiger partial charge is 0.220 e. The number of hydrogen-bond donors (Lipinski definition) is 2. The van der Waals surface area contributed by atoms with Gasteiger partial charge in [-0.15, -0.1) is 0 Å². The first-order valence-corrected chi connectivity index (χ1v) is 10.0. The largest absolute Gasteiger partial charge is 0.497 e. The van der Waals surface area contributed by atoms with Crippen molar-refractivity contribution in [2.24, 2.45) is 0 Å². The fraction of sp³-hybridized carbons (Fsp3) is 0.435. The van der Waals surface area contributed by atoms with Gasteiger partial charge in [0.05, 0.1) is 26.9 Å². The predicted octanol–water partition coefficient (Wildman–Crippen LogP) is 1.96. The number of ether oxygens (including phenoxy) is 2. The summed E-state index contributed by atoms with van der Waals surface area (Å²) in [5.74, 6) is 1.15. The van der Waals surface area contributed by atoms with Crippen molar-refractivity contribution in [2.75, 3.05) is 40.0 Å². The molecule has 0 radical (unpaired) electrons. The van der Waals surface area contributed by atoms with Crippen LogP contribution in [0.1, 0.15) is 36.4 Å². The van der Waals surface area contributed by atoms with Crippen LogP contribution in [0.25, 0.3) is 0 Å². The average molecular weight is 384 g/mol. The number of amides is 1. The minimum absolute atomic E-state index is 0.0996. The molecule has 2 aromatic carbocycles. The highest BCUT2D eigenvalue weighted by Gasteiger charge is 2.27. The summed E-state index contributed by atoms with van der Waals surface area (Å²) in [6.07, 6.45) is 0.498. The van der Waals surface area contributed by atoms with Gasteiger partial charge in [0.15, 0.2) is 0 Å². The maximum absolute atomic E-state index is 12.6. The number of rotatable bonds is 8. The fourth-order valence-corrected chi connectivity index (χ4v) is 3.78. The van der Waals surface area contributed by atoms with E-state index in [2.05, 4.69) is 36.5 Å². The Morgan fingerprint density at radius 3 is 2.39 bits per heavy atom. The van der Waals surface area contributed by atoms with Crippen molar-refractivity contribution in [3.05, 3.63) is 65.7 Å². The Morgan fingerprint density at radius 1 is 1.07 bits per heavy atom.